The number of rotatable bonds is 5. The molecule has 1 aromatic heterocycles. The number of furan rings is 1. The molecule has 1 aromatic rings. The van der Waals surface area contributed by atoms with Crippen LogP contribution in [0.5, 0.6) is 0 Å². The Bertz CT molecular complexity index is 409. The minimum absolute atomic E-state index is 0.100. The van der Waals surface area contributed by atoms with Crippen LogP contribution in [0.25, 0.3) is 0 Å². The third kappa shape index (κ3) is 3.81. The summed E-state index contributed by atoms with van der Waals surface area (Å²) >= 11 is 0. The molecule has 0 radical (unpaired) electrons. The fourth-order valence-electron chi connectivity index (χ4n) is 2.43. The van der Waals surface area contributed by atoms with Crippen LogP contribution >= 0.6 is 0 Å². The van der Waals surface area contributed by atoms with Crippen molar-refractivity contribution in [3.63, 3.8) is 0 Å². The molecule has 106 valence electrons. The minimum Gasteiger partial charge on any atom is -0.456 e. The molecule has 2 rings (SSSR count). The summed E-state index contributed by atoms with van der Waals surface area (Å²) in [6.07, 6.45) is 2.77. The van der Waals surface area contributed by atoms with Gasteiger partial charge in [0.25, 0.3) is 5.91 Å². The summed E-state index contributed by atoms with van der Waals surface area (Å²) in [5.41, 5.74) is 5.54. The smallest absolute Gasteiger partial charge is 0.287 e. The first-order valence-corrected chi connectivity index (χ1v) is 7.05. The van der Waals surface area contributed by atoms with E-state index in [-0.39, 0.29) is 11.9 Å². The van der Waals surface area contributed by atoms with Gasteiger partial charge in [0.1, 0.15) is 5.76 Å². The van der Waals surface area contributed by atoms with Crippen LogP contribution in [0.3, 0.4) is 0 Å². The number of nitrogens with zero attached hydrogens (tertiary/aromatic N) is 1. The molecule has 5 heteroatoms. The van der Waals surface area contributed by atoms with Crippen molar-refractivity contribution in [2.24, 2.45) is 5.73 Å². The summed E-state index contributed by atoms with van der Waals surface area (Å²) in [7, 11) is 0. The van der Waals surface area contributed by atoms with Crippen molar-refractivity contribution in [1.82, 2.24) is 10.2 Å². The summed E-state index contributed by atoms with van der Waals surface area (Å²) in [5, 5.41) is 3.04. The number of amides is 1. The number of aryl methyl sites for hydroxylation is 1. The first-order chi connectivity index (χ1) is 9.22. The Morgan fingerprint density at radius 1 is 1.47 bits per heavy atom. The van der Waals surface area contributed by atoms with Crippen molar-refractivity contribution in [2.75, 3.05) is 26.2 Å². The lowest BCUT2D eigenvalue weighted by Crippen LogP contribution is -2.45. The van der Waals surface area contributed by atoms with Crippen molar-refractivity contribution in [1.29, 1.82) is 0 Å². The van der Waals surface area contributed by atoms with Crippen molar-refractivity contribution in [2.45, 2.75) is 32.2 Å². The van der Waals surface area contributed by atoms with Crippen LogP contribution in [-0.4, -0.2) is 43.0 Å². The SMILES string of the molecule is CCc1ccc(C(=O)NC2CCN(CCN)CC2)o1. The number of hydrogen-bond acceptors (Lipinski definition) is 4. The van der Waals surface area contributed by atoms with Crippen LogP contribution < -0.4 is 11.1 Å². The summed E-state index contributed by atoms with van der Waals surface area (Å²) in [6.45, 7) is 5.65. The van der Waals surface area contributed by atoms with Gasteiger partial charge in [-0.25, -0.2) is 0 Å². The largest absolute Gasteiger partial charge is 0.456 e. The lowest BCUT2D eigenvalue weighted by Gasteiger charge is -2.31. The van der Waals surface area contributed by atoms with Crippen LogP contribution in [0.1, 0.15) is 36.1 Å². The summed E-state index contributed by atoms with van der Waals surface area (Å²) in [6, 6.07) is 3.85. The Morgan fingerprint density at radius 3 is 2.79 bits per heavy atom. The molecule has 5 nitrogen and oxygen atoms in total. The molecule has 0 saturated carbocycles. The maximum absolute atomic E-state index is 12.0. The van der Waals surface area contributed by atoms with Crippen LogP contribution in [-0.2, 0) is 6.42 Å². The van der Waals surface area contributed by atoms with Crippen LogP contribution in [0.2, 0.25) is 0 Å². The molecule has 0 aromatic carbocycles. The van der Waals surface area contributed by atoms with Gasteiger partial charge in [-0.2, -0.15) is 0 Å². The molecule has 1 saturated heterocycles. The number of piperidine rings is 1. The number of hydrogen-bond donors (Lipinski definition) is 2. The molecule has 2 heterocycles. The Balaban J connectivity index is 1.80. The fourth-order valence-corrected chi connectivity index (χ4v) is 2.43. The van der Waals surface area contributed by atoms with Gasteiger partial charge in [0.05, 0.1) is 0 Å². The van der Waals surface area contributed by atoms with Crippen molar-refractivity contribution in [3.05, 3.63) is 23.7 Å². The lowest BCUT2D eigenvalue weighted by atomic mass is 10.0. The predicted octanol–water partition coefficient (Wildman–Crippen LogP) is 0.995. The van der Waals surface area contributed by atoms with Crippen LogP contribution in [0, 0.1) is 0 Å². The number of nitrogens with two attached hydrogens (primary N) is 1. The summed E-state index contributed by atoms with van der Waals surface area (Å²) < 4.78 is 5.46. The Kier molecular flexibility index (Phi) is 4.99. The highest BCUT2D eigenvalue weighted by Gasteiger charge is 2.21. The van der Waals surface area contributed by atoms with Crippen molar-refractivity contribution >= 4 is 5.91 Å². The molecule has 0 atom stereocenters. The van der Waals surface area contributed by atoms with E-state index >= 15 is 0 Å². The molecule has 1 amide bonds. The molecule has 1 fully saturated rings. The summed E-state index contributed by atoms with van der Waals surface area (Å²) in [4.78, 5) is 14.3. The molecular formula is C14H23N3O2. The van der Waals surface area contributed by atoms with Gasteiger partial charge in [0, 0.05) is 38.6 Å². The normalized spacial score (nSPS) is 17.6. The quantitative estimate of drug-likeness (QED) is 0.833. The monoisotopic (exact) mass is 265 g/mol. The molecule has 19 heavy (non-hydrogen) atoms. The predicted molar refractivity (Wildman–Crippen MR) is 74.1 cm³/mol. The van der Waals surface area contributed by atoms with Gasteiger partial charge in [0.15, 0.2) is 5.76 Å². The van der Waals surface area contributed by atoms with E-state index in [9.17, 15) is 4.79 Å². The van der Waals surface area contributed by atoms with Crippen LogP contribution in [0.4, 0.5) is 0 Å². The van der Waals surface area contributed by atoms with Gasteiger partial charge in [-0.3, -0.25) is 4.79 Å². The average molecular weight is 265 g/mol. The zero-order chi connectivity index (χ0) is 13.7. The number of likely N-dealkylation sites (tertiary alicyclic amines) is 1. The van der Waals surface area contributed by atoms with E-state index in [2.05, 4.69) is 10.2 Å². The van der Waals surface area contributed by atoms with Gasteiger partial charge in [-0.05, 0) is 25.0 Å². The minimum atomic E-state index is -0.100. The van der Waals surface area contributed by atoms with E-state index in [0.29, 0.717) is 12.3 Å². The Labute approximate surface area is 114 Å². The van der Waals surface area contributed by atoms with E-state index in [4.69, 9.17) is 10.2 Å². The van der Waals surface area contributed by atoms with Crippen LogP contribution in [0.15, 0.2) is 16.5 Å². The average Bonchev–Trinajstić information content (AvgIpc) is 2.90. The Morgan fingerprint density at radius 2 is 2.21 bits per heavy atom. The van der Waals surface area contributed by atoms with E-state index in [1.54, 1.807) is 6.07 Å². The highest BCUT2D eigenvalue weighted by molar-refractivity contribution is 5.91. The molecule has 0 aliphatic carbocycles. The van der Waals surface area contributed by atoms with E-state index < -0.39 is 0 Å². The second kappa shape index (κ2) is 6.73. The highest BCUT2D eigenvalue weighted by atomic mass is 16.3. The first-order valence-electron chi connectivity index (χ1n) is 7.05. The fraction of sp³-hybridized carbons (Fsp3) is 0.643. The van der Waals surface area contributed by atoms with E-state index in [1.807, 2.05) is 13.0 Å². The zero-order valence-corrected chi connectivity index (χ0v) is 11.5. The van der Waals surface area contributed by atoms with Gasteiger partial charge >= 0.3 is 0 Å². The third-order valence-electron chi connectivity index (χ3n) is 3.60. The number of nitrogens with one attached hydrogen (secondary N) is 1. The molecule has 3 N–H and O–H groups in total. The zero-order valence-electron chi connectivity index (χ0n) is 11.5. The van der Waals surface area contributed by atoms with Crippen molar-refractivity contribution < 1.29 is 9.21 Å². The molecule has 1 aliphatic heterocycles. The van der Waals surface area contributed by atoms with Gasteiger partial charge in [-0.1, -0.05) is 6.92 Å². The molecule has 1 aliphatic rings. The molecule has 0 spiro atoms. The maximum Gasteiger partial charge on any atom is 0.287 e. The molecule has 0 bridgehead atoms. The third-order valence-corrected chi connectivity index (χ3v) is 3.60. The molecular weight excluding hydrogens is 242 g/mol. The van der Waals surface area contributed by atoms with Gasteiger partial charge in [-0.15, -0.1) is 0 Å². The topological polar surface area (TPSA) is 71.5 Å². The summed E-state index contributed by atoms with van der Waals surface area (Å²) in [5.74, 6) is 1.17. The maximum atomic E-state index is 12.0. The second-order valence-corrected chi connectivity index (χ2v) is 5.00. The first kappa shape index (κ1) is 14.1. The standard InChI is InChI=1S/C14H23N3O2/c1-2-12-3-4-13(19-12)14(18)16-11-5-8-17(9-6-11)10-7-15/h3-4,11H,2,5-10,15H2,1H3,(H,16,18). The number of carbonyl (C=O) groups is 1. The van der Waals surface area contributed by atoms with Gasteiger partial charge in [0.2, 0.25) is 0 Å². The lowest BCUT2D eigenvalue weighted by molar-refractivity contribution is 0.0882. The van der Waals surface area contributed by atoms with Crippen molar-refractivity contribution in [3.8, 4) is 0 Å². The Hall–Kier alpha value is -1.33. The number of carbonyl (C=O) groups excluding carboxylic acids is 1. The van der Waals surface area contributed by atoms with E-state index in [0.717, 1.165) is 44.7 Å². The molecule has 0 unspecified atom stereocenters. The van der Waals surface area contributed by atoms with Gasteiger partial charge < -0.3 is 20.4 Å². The second-order valence-electron chi connectivity index (χ2n) is 5.00. The highest BCUT2D eigenvalue weighted by Crippen LogP contribution is 2.12. The van der Waals surface area contributed by atoms with E-state index in [1.165, 1.54) is 0 Å².